The third kappa shape index (κ3) is 3.35. The Labute approximate surface area is 130 Å². The molecule has 0 aliphatic heterocycles. The summed E-state index contributed by atoms with van der Waals surface area (Å²) in [5, 5.41) is 10.2. The molecule has 0 aromatic carbocycles. The van der Waals surface area contributed by atoms with Crippen molar-refractivity contribution in [2.45, 2.75) is 45.6 Å². The van der Waals surface area contributed by atoms with E-state index in [0.29, 0.717) is 11.6 Å². The molecule has 2 heterocycles. The molecule has 0 saturated heterocycles. The molecule has 5 nitrogen and oxygen atoms in total. The third-order valence-electron chi connectivity index (χ3n) is 4.02. The summed E-state index contributed by atoms with van der Waals surface area (Å²) in [6, 6.07) is 5.85. The number of aryl methyl sites for hydroxylation is 2. The molecule has 2 aromatic heterocycles. The van der Waals surface area contributed by atoms with Gasteiger partial charge < -0.3 is 5.32 Å². The molecule has 0 unspecified atom stereocenters. The summed E-state index contributed by atoms with van der Waals surface area (Å²) in [7, 11) is 0. The predicted octanol–water partition coefficient (Wildman–Crippen LogP) is 2.95. The van der Waals surface area contributed by atoms with E-state index in [1.807, 2.05) is 19.1 Å². The first-order chi connectivity index (χ1) is 10.7. The van der Waals surface area contributed by atoms with Gasteiger partial charge in [0.25, 0.3) is 5.91 Å². The first-order valence-electron chi connectivity index (χ1n) is 7.95. The molecule has 1 amide bonds. The van der Waals surface area contributed by atoms with Crippen molar-refractivity contribution in [1.82, 2.24) is 20.5 Å². The lowest BCUT2D eigenvalue weighted by Gasteiger charge is -2.17. The summed E-state index contributed by atoms with van der Waals surface area (Å²) in [5.74, 6) is 0.367. The number of carbonyl (C=O) groups is 1. The molecule has 0 bridgehead atoms. The zero-order valence-corrected chi connectivity index (χ0v) is 13.1. The summed E-state index contributed by atoms with van der Waals surface area (Å²) in [6.07, 6.45) is 6.03. The Hall–Kier alpha value is -2.17. The van der Waals surface area contributed by atoms with Gasteiger partial charge in [0.2, 0.25) is 0 Å². The highest BCUT2D eigenvalue weighted by Gasteiger charge is 2.34. The number of hydrogen-bond donors (Lipinski definition) is 2. The van der Waals surface area contributed by atoms with Crippen molar-refractivity contribution in [3.63, 3.8) is 0 Å². The van der Waals surface area contributed by atoms with Crippen LogP contribution in [0.2, 0.25) is 0 Å². The fraction of sp³-hybridized carbons (Fsp3) is 0.471. The van der Waals surface area contributed by atoms with Gasteiger partial charge in [-0.15, -0.1) is 0 Å². The lowest BCUT2D eigenvalue weighted by molar-refractivity contribution is 0.0925. The Morgan fingerprint density at radius 1 is 1.45 bits per heavy atom. The first kappa shape index (κ1) is 14.8. The van der Waals surface area contributed by atoms with Gasteiger partial charge in [0, 0.05) is 11.9 Å². The van der Waals surface area contributed by atoms with Crippen molar-refractivity contribution in [3.8, 4) is 0 Å². The van der Waals surface area contributed by atoms with Crippen LogP contribution in [0.4, 0.5) is 0 Å². The summed E-state index contributed by atoms with van der Waals surface area (Å²) < 4.78 is 0. The molecular formula is C17H22N4O. The van der Waals surface area contributed by atoms with Crippen LogP contribution in [0.3, 0.4) is 0 Å². The number of nitrogens with zero attached hydrogens (tertiary/aromatic N) is 2. The highest BCUT2D eigenvalue weighted by Crippen LogP contribution is 2.40. The van der Waals surface area contributed by atoms with Crippen molar-refractivity contribution in [2.75, 3.05) is 0 Å². The van der Waals surface area contributed by atoms with Crippen LogP contribution in [-0.4, -0.2) is 21.1 Å². The van der Waals surface area contributed by atoms with Crippen molar-refractivity contribution in [1.29, 1.82) is 0 Å². The summed E-state index contributed by atoms with van der Waals surface area (Å²) >= 11 is 0. The number of H-pyrrole nitrogens is 1. The lowest BCUT2D eigenvalue weighted by Crippen LogP contribution is -2.30. The van der Waals surface area contributed by atoms with Crippen LogP contribution < -0.4 is 5.32 Å². The van der Waals surface area contributed by atoms with Gasteiger partial charge in [-0.3, -0.25) is 14.9 Å². The minimum atomic E-state index is -0.126. The number of hydrogen-bond acceptors (Lipinski definition) is 3. The van der Waals surface area contributed by atoms with E-state index in [1.54, 1.807) is 6.20 Å². The Morgan fingerprint density at radius 3 is 2.95 bits per heavy atom. The largest absolute Gasteiger partial charge is 0.342 e. The summed E-state index contributed by atoms with van der Waals surface area (Å²) in [5.41, 5.74) is 3.57. The molecular weight excluding hydrogens is 276 g/mol. The van der Waals surface area contributed by atoms with Crippen LogP contribution in [0.15, 0.2) is 24.4 Å². The molecule has 1 saturated carbocycles. The van der Waals surface area contributed by atoms with E-state index in [0.717, 1.165) is 42.6 Å². The second kappa shape index (κ2) is 6.30. The topological polar surface area (TPSA) is 70.7 Å². The van der Waals surface area contributed by atoms with Gasteiger partial charge in [0.15, 0.2) is 0 Å². The fourth-order valence-electron chi connectivity index (χ4n) is 2.68. The van der Waals surface area contributed by atoms with Crippen LogP contribution >= 0.6 is 0 Å². The Bertz CT molecular complexity index is 660. The molecule has 3 rings (SSSR count). The number of carbonyl (C=O) groups excluding carboxylic acids is 1. The predicted molar refractivity (Wildman–Crippen MR) is 84.5 cm³/mol. The number of pyridine rings is 1. The fourth-order valence-corrected chi connectivity index (χ4v) is 2.68. The summed E-state index contributed by atoms with van der Waals surface area (Å²) in [6.45, 7) is 4.15. The van der Waals surface area contributed by atoms with Crippen LogP contribution in [-0.2, 0) is 6.42 Å². The van der Waals surface area contributed by atoms with Gasteiger partial charge in [-0.05, 0) is 55.9 Å². The van der Waals surface area contributed by atoms with E-state index in [1.165, 1.54) is 0 Å². The highest BCUT2D eigenvalue weighted by atomic mass is 16.2. The van der Waals surface area contributed by atoms with Crippen LogP contribution in [0.25, 0.3) is 0 Å². The smallest absolute Gasteiger partial charge is 0.272 e. The number of amides is 1. The zero-order valence-electron chi connectivity index (χ0n) is 13.1. The number of aromatic amines is 1. The Balaban J connectivity index is 1.74. The normalized spacial score (nSPS) is 15.5. The third-order valence-corrected chi connectivity index (χ3v) is 4.02. The minimum absolute atomic E-state index is 0.0151. The van der Waals surface area contributed by atoms with E-state index in [9.17, 15) is 4.79 Å². The van der Waals surface area contributed by atoms with Gasteiger partial charge in [-0.2, -0.15) is 5.10 Å². The van der Waals surface area contributed by atoms with Gasteiger partial charge in [-0.1, -0.05) is 13.3 Å². The van der Waals surface area contributed by atoms with Crippen LogP contribution in [0.1, 0.15) is 59.7 Å². The quantitative estimate of drug-likeness (QED) is 0.861. The van der Waals surface area contributed by atoms with E-state index in [2.05, 4.69) is 33.5 Å². The minimum Gasteiger partial charge on any atom is -0.342 e. The molecule has 1 fully saturated rings. The number of rotatable bonds is 6. The van der Waals surface area contributed by atoms with E-state index in [4.69, 9.17) is 0 Å². The van der Waals surface area contributed by atoms with Crippen LogP contribution in [0, 0.1) is 12.8 Å². The average Bonchev–Trinajstić information content (AvgIpc) is 3.23. The molecule has 1 aliphatic carbocycles. The molecule has 0 spiro atoms. The molecule has 22 heavy (non-hydrogen) atoms. The maximum Gasteiger partial charge on any atom is 0.272 e. The van der Waals surface area contributed by atoms with Crippen LogP contribution in [0.5, 0.6) is 0 Å². The van der Waals surface area contributed by atoms with Gasteiger partial charge in [0.1, 0.15) is 5.69 Å². The van der Waals surface area contributed by atoms with E-state index >= 15 is 0 Å². The molecule has 1 atom stereocenters. The van der Waals surface area contributed by atoms with E-state index in [-0.39, 0.29) is 11.9 Å². The van der Waals surface area contributed by atoms with Crippen molar-refractivity contribution in [3.05, 3.63) is 47.0 Å². The van der Waals surface area contributed by atoms with E-state index < -0.39 is 0 Å². The van der Waals surface area contributed by atoms with Gasteiger partial charge >= 0.3 is 0 Å². The molecule has 0 radical (unpaired) electrons. The number of nitrogens with one attached hydrogen (secondary N) is 2. The summed E-state index contributed by atoms with van der Waals surface area (Å²) in [4.78, 5) is 16.9. The molecule has 5 heteroatoms. The zero-order chi connectivity index (χ0) is 15.5. The SMILES string of the molecule is CCCc1cc(C(=O)N[C@@H](c2cc(C)ccn2)C2CC2)n[nH]1. The number of aromatic nitrogens is 3. The highest BCUT2D eigenvalue weighted by molar-refractivity contribution is 5.92. The second-order valence-corrected chi connectivity index (χ2v) is 6.08. The van der Waals surface area contributed by atoms with Crippen molar-refractivity contribution >= 4 is 5.91 Å². The second-order valence-electron chi connectivity index (χ2n) is 6.08. The molecule has 2 N–H and O–H groups in total. The molecule has 1 aliphatic rings. The lowest BCUT2D eigenvalue weighted by atomic mass is 10.1. The Kier molecular flexibility index (Phi) is 4.22. The first-order valence-corrected chi connectivity index (χ1v) is 7.95. The molecule has 2 aromatic rings. The maximum absolute atomic E-state index is 12.4. The monoisotopic (exact) mass is 298 g/mol. The standard InChI is InChI=1S/C17H22N4O/c1-3-4-13-10-15(21-20-13)17(22)19-16(12-5-6-12)14-9-11(2)7-8-18-14/h7-10,12,16H,3-6H2,1-2H3,(H,19,22)(H,20,21)/t16-/m1/s1. The Morgan fingerprint density at radius 2 is 2.27 bits per heavy atom. The maximum atomic E-state index is 12.4. The average molecular weight is 298 g/mol. The molecule has 116 valence electrons. The van der Waals surface area contributed by atoms with Crippen molar-refractivity contribution in [2.24, 2.45) is 5.92 Å². The van der Waals surface area contributed by atoms with Gasteiger partial charge in [0.05, 0.1) is 11.7 Å². The van der Waals surface area contributed by atoms with Crippen molar-refractivity contribution < 1.29 is 4.79 Å². The van der Waals surface area contributed by atoms with Gasteiger partial charge in [-0.25, -0.2) is 0 Å².